The largest absolute Gasteiger partial charge is 0.349 e. The van der Waals surface area contributed by atoms with Crippen molar-refractivity contribution in [3.05, 3.63) is 28.5 Å². The number of halogens is 2. The molecule has 17 heavy (non-hydrogen) atoms. The van der Waals surface area contributed by atoms with Crippen LogP contribution in [0.3, 0.4) is 0 Å². The molecule has 0 aliphatic carbocycles. The molecule has 0 aliphatic rings. The molecule has 5 heteroatoms. The Bertz CT molecular complexity index is 367. The molecule has 0 saturated carbocycles. The molecular formula is C12H16BrClN2O. The average Bonchev–Trinajstić information content (AvgIpc) is 2.26. The van der Waals surface area contributed by atoms with Crippen molar-refractivity contribution in [2.45, 2.75) is 25.6 Å². The van der Waals surface area contributed by atoms with Crippen molar-refractivity contribution < 1.29 is 4.79 Å². The molecule has 0 radical (unpaired) electrons. The number of carbonyl (C=O) groups is 1. The Hall–Kier alpha value is -0.610. The maximum absolute atomic E-state index is 11.7. The molecule has 3 nitrogen and oxygen atoms in total. The van der Waals surface area contributed by atoms with Gasteiger partial charge < -0.3 is 5.32 Å². The van der Waals surface area contributed by atoms with E-state index in [1.807, 2.05) is 0 Å². The third kappa shape index (κ3) is 5.50. The summed E-state index contributed by atoms with van der Waals surface area (Å²) in [4.78, 5) is 15.7. The quantitative estimate of drug-likeness (QED) is 0.847. The fourth-order valence-electron chi connectivity index (χ4n) is 1.40. The van der Waals surface area contributed by atoms with Gasteiger partial charge in [-0.1, -0.05) is 13.8 Å². The van der Waals surface area contributed by atoms with Crippen molar-refractivity contribution in [3.8, 4) is 0 Å². The number of nitrogens with zero attached hydrogens (tertiary/aromatic N) is 1. The highest BCUT2D eigenvalue weighted by atomic mass is 79.9. The van der Waals surface area contributed by atoms with Gasteiger partial charge in [0.05, 0.1) is 5.38 Å². The summed E-state index contributed by atoms with van der Waals surface area (Å²) in [6, 6.07) is 3.46. The second kappa shape index (κ2) is 6.97. The van der Waals surface area contributed by atoms with E-state index in [2.05, 4.69) is 40.1 Å². The molecule has 1 N–H and O–H groups in total. The SMILES string of the molecule is CC(C)CC(Cl)CNC(=O)c1ccc(Br)cn1. The number of amides is 1. The van der Waals surface area contributed by atoms with E-state index in [4.69, 9.17) is 11.6 Å². The van der Waals surface area contributed by atoms with Gasteiger partial charge in [-0.3, -0.25) is 4.79 Å². The molecule has 94 valence electrons. The molecule has 0 fully saturated rings. The van der Waals surface area contributed by atoms with E-state index in [9.17, 15) is 4.79 Å². The van der Waals surface area contributed by atoms with Gasteiger partial charge in [0.25, 0.3) is 5.91 Å². The van der Waals surface area contributed by atoms with Gasteiger partial charge in [-0.25, -0.2) is 4.98 Å². The van der Waals surface area contributed by atoms with Crippen LogP contribution in [0.2, 0.25) is 0 Å². The number of nitrogens with one attached hydrogen (secondary N) is 1. The lowest BCUT2D eigenvalue weighted by molar-refractivity contribution is 0.0948. The first kappa shape index (κ1) is 14.5. The molecule has 0 aromatic carbocycles. The summed E-state index contributed by atoms with van der Waals surface area (Å²) >= 11 is 9.36. The monoisotopic (exact) mass is 318 g/mol. The standard InChI is InChI=1S/C12H16BrClN2O/c1-8(2)5-10(14)7-16-12(17)11-4-3-9(13)6-15-11/h3-4,6,8,10H,5,7H2,1-2H3,(H,16,17). The molecule has 0 spiro atoms. The van der Waals surface area contributed by atoms with Crippen LogP contribution in [0.1, 0.15) is 30.8 Å². The van der Waals surface area contributed by atoms with Crippen molar-refractivity contribution in [3.63, 3.8) is 0 Å². The summed E-state index contributed by atoms with van der Waals surface area (Å²) in [7, 11) is 0. The fourth-order valence-corrected chi connectivity index (χ4v) is 2.07. The third-order valence-corrected chi connectivity index (χ3v) is 2.97. The Morgan fingerprint density at radius 1 is 1.53 bits per heavy atom. The van der Waals surface area contributed by atoms with Gasteiger partial charge in [0.2, 0.25) is 0 Å². The molecule has 1 rings (SSSR count). The Morgan fingerprint density at radius 2 is 2.24 bits per heavy atom. The van der Waals surface area contributed by atoms with Crippen molar-refractivity contribution in [2.24, 2.45) is 5.92 Å². The van der Waals surface area contributed by atoms with Crippen LogP contribution in [-0.2, 0) is 0 Å². The van der Waals surface area contributed by atoms with Crippen LogP contribution in [0, 0.1) is 5.92 Å². The minimum atomic E-state index is -0.188. The van der Waals surface area contributed by atoms with Crippen molar-refractivity contribution in [2.75, 3.05) is 6.54 Å². The summed E-state index contributed by atoms with van der Waals surface area (Å²) in [6.45, 7) is 4.68. The molecule has 1 unspecified atom stereocenters. The maximum Gasteiger partial charge on any atom is 0.269 e. The van der Waals surface area contributed by atoms with Crippen molar-refractivity contribution >= 4 is 33.4 Å². The first-order valence-electron chi connectivity index (χ1n) is 5.53. The summed E-state index contributed by atoms with van der Waals surface area (Å²) in [6.07, 6.45) is 2.48. The summed E-state index contributed by atoms with van der Waals surface area (Å²) < 4.78 is 0.851. The number of hydrogen-bond donors (Lipinski definition) is 1. The molecule has 0 aliphatic heterocycles. The maximum atomic E-state index is 11.7. The lowest BCUT2D eigenvalue weighted by Crippen LogP contribution is -2.30. The van der Waals surface area contributed by atoms with E-state index in [1.54, 1.807) is 18.3 Å². The van der Waals surface area contributed by atoms with Crippen LogP contribution >= 0.6 is 27.5 Å². The van der Waals surface area contributed by atoms with Crippen LogP contribution in [0.5, 0.6) is 0 Å². The number of pyridine rings is 1. The lowest BCUT2D eigenvalue weighted by atomic mass is 10.1. The van der Waals surface area contributed by atoms with Crippen LogP contribution in [0.15, 0.2) is 22.8 Å². The van der Waals surface area contributed by atoms with Crippen LogP contribution in [0.4, 0.5) is 0 Å². The number of aromatic nitrogens is 1. The van der Waals surface area contributed by atoms with E-state index >= 15 is 0 Å². The molecule has 1 amide bonds. The molecule has 1 aromatic rings. The van der Waals surface area contributed by atoms with E-state index in [0.29, 0.717) is 18.2 Å². The van der Waals surface area contributed by atoms with E-state index in [0.717, 1.165) is 10.9 Å². The highest BCUT2D eigenvalue weighted by molar-refractivity contribution is 9.10. The second-order valence-electron chi connectivity index (χ2n) is 4.30. The first-order chi connectivity index (χ1) is 7.99. The topological polar surface area (TPSA) is 42.0 Å². The van der Waals surface area contributed by atoms with Crippen molar-refractivity contribution in [1.29, 1.82) is 0 Å². The number of carbonyl (C=O) groups excluding carboxylic acids is 1. The first-order valence-corrected chi connectivity index (χ1v) is 6.75. The van der Waals surface area contributed by atoms with Gasteiger partial charge in [0.1, 0.15) is 5.69 Å². The van der Waals surface area contributed by atoms with Gasteiger partial charge in [0, 0.05) is 17.2 Å². The molecule has 0 bridgehead atoms. The Labute approximate surface area is 115 Å². The summed E-state index contributed by atoms with van der Waals surface area (Å²) in [5.74, 6) is 0.340. The van der Waals surface area contributed by atoms with Crippen molar-refractivity contribution in [1.82, 2.24) is 10.3 Å². The van der Waals surface area contributed by atoms with Crippen LogP contribution in [-0.4, -0.2) is 22.8 Å². The molecule has 1 heterocycles. The average molecular weight is 320 g/mol. The van der Waals surface area contributed by atoms with Crippen LogP contribution < -0.4 is 5.32 Å². The highest BCUT2D eigenvalue weighted by Crippen LogP contribution is 2.10. The molecule has 1 aromatic heterocycles. The number of rotatable bonds is 5. The Morgan fingerprint density at radius 3 is 2.76 bits per heavy atom. The molecular weight excluding hydrogens is 304 g/mol. The van der Waals surface area contributed by atoms with Gasteiger partial charge in [-0.05, 0) is 40.4 Å². The molecule has 1 atom stereocenters. The van der Waals surface area contributed by atoms with Crippen LogP contribution in [0.25, 0.3) is 0 Å². The Kier molecular flexibility index (Phi) is 5.92. The minimum Gasteiger partial charge on any atom is -0.349 e. The summed E-state index contributed by atoms with van der Waals surface area (Å²) in [5, 5.41) is 2.74. The zero-order valence-corrected chi connectivity index (χ0v) is 12.3. The number of alkyl halides is 1. The smallest absolute Gasteiger partial charge is 0.269 e. The predicted molar refractivity (Wildman–Crippen MR) is 73.4 cm³/mol. The third-order valence-electron chi connectivity index (χ3n) is 2.17. The lowest BCUT2D eigenvalue weighted by Gasteiger charge is -2.12. The summed E-state index contributed by atoms with van der Waals surface area (Å²) in [5.41, 5.74) is 0.404. The van der Waals surface area contributed by atoms with E-state index in [1.165, 1.54) is 0 Å². The van der Waals surface area contributed by atoms with E-state index in [-0.39, 0.29) is 11.3 Å². The van der Waals surface area contributed by atoms with Gasteiger partial charge in [-0.15, -0.1) is 11.6 Å². The van der Waals surface area contributed by atoms with E-state index < -0.39 is 0 Å². The molecule has 0 saturated heterocycles. The highest BCUT2D eigenvalue weighted by Gasteiger charge is 2.11. The fraction of sp³-hybridized carbons (Fsp3) is 0.500. The number of hydrogen-bond acceptors (Lipinski definition) is 2. The van der Waals surface area contributed by atoms with Gasteiger partial charge >= 0.3 is 0 Å². The van der Waals surface area contributed by atoms with Gasteiger partial charge in [-0.2, -0.15) is 0 Å². The zero-order chi connectivity index (χ0) is 12.8. The second-order valence-corrected chi connectivity index (χ2v) is 5.83. The minimum absolute atomic E-state index is 0.0330. The Balaban J connectivity index is 2.42. The zero-order valence-electron chi connectivity index (χ0n) is 9.91. The predicted octanol–water partition coefficient (Wildman–Crippen LogP) is 3.23. The normalized spacial score (nSPS) is 12.5. The van der Waals surface area contributed by atoms with Gasteiger partial charge in [0.15, 0.2) is 0 Å².